The first-order chi connectivity index (χ1) is 30.9. The minimum atomic E-state index is -1.05. The van der Waals surface area contributed by atoms with Gasteiger partial charge in [0.1, 0.15) is 12.1 Å². The van der Waals surface area contributed by atoms with Gasteiger partial charge in [0, 0.05) is 25.4 Å². The number of carboxylic acid groups (broad SMARTS) is 2. The van der Waals surface area contributed by atoms with Crippen LogP contribution in [0.15, 0.2) is 9.98 Å². The van der Waals surface area contributed by atoms with E-state index < -0.39 is 24.0 Å². The zero-order valence-electron chi connectivity index (χ0n) is 42.7. The number of hydrogen-bond acceptors (Lipinski definition) is 8. The van der Waals surface area contributed by atoms with Crippen molar-refractivity contribution in [2.45, 2.75) is 272 Å². The quantitative estimate of drug-likeness (QED) is 0.0200. The Hall–Kier alpha value is -1.92. The molecule has 0 aromatic heterocycles. The van der Waals surface area contributed by atoms with E-state index in [1.807, 2.05) is 13.8 Å². The van der Waals surface area contributed by atoms with Gasteiger partial charge in [-0.1, -0.05) is 170 Å². The Balaban J connectivity index is -0.00000116. The predicted molar refractivity (Wildman–Crippen MR) is 267 cm³/mol. The Morgan fingerprint density at radius 3 is 1.45 bits per heavy atom. The fourth-order valence-corrected chi connectivity index (χ4v) is 7.68. The van der Waals surface area contributed by atoms with Gasteiger partial charge in [0.05, 0.1) is 0 Å². The van der Waals surface area contributed by atoms with Crippen LogP contribution in [0.3, 0.4) is 0 Å². The van der Waals surface area contributed by atoms with Crippen molar-refractivity contribution in [3.05, 3.63) is 0 Å². The number of rotatable bonds is 44. The second kappa shape index (κ2) is 50.0. The van der Waals surface area contributed by atoms with Crippen LogP contribution in [0.5, 0.6) is 0 Å². The maximum absolute atomic E-state index is 12.4. The van der Waals surface area contributed by atoms with Crippen LogP contribution in [0.1, 0.15) is 260 Å². The topological polar surface area (TPSA) is 204 Å². The molecule has 0 aliphatic rings. The number of unbranched alkanes of at least 4 members (excludes halogenated alkanes) is 20. The van der Waals surface area contributed by atoms with E-state index in [1.54, 1.807) is 0 Å². The van der Waals surface area contributed by atoms with Gasteiger partial charge in [0.15, 0.2) is 0 Å². The second-order valence-electron chi connectivity index (χ2n) is 18.0. The van der Waals surface area contributed by atoms with Gasteiger partial charge in [0.2, 0.25) is 11.8 Å². The monoisotopic (exact) mass is 947 g/mol. The number of aliphatic carboxylic acids is 2. The molecule has 0 saturated heterocycles. The number of carbonyl (C=O) groups is 4. The van der Waals surface area contributed by atoms with E-state index in [4.69, 9.17) is 0 Å². The summed E-state index contributed by atoms with van der Waals surface area (Å²) in [6, 6.07) is -1.84. The number of carboxylic acids is 2. The Bertz CT molecular complexity index is 1200. The molecule has 0 aromatic rings. The molecule has 0 saturated carbocycles. The zero-order chi connectivity index (χ0) is 48.1. The van der Waals surface area contributed by atoms with Gasteiger partial charge in [0.25, 0.3) is 0 Å². The van der Waals surface area contributed by atoms with Gasteiger partial charge in [-0.25, -0.2) is 9.59 Å². The number of aliphatic imine (C=N–C) groups is 2. The van der Waals surface area contributed by atoms with Crippen molar-refractivity contribution in [1.29, 1.82) is 0 Å². The Morgan fingerprint density at radius 2 is 0.969 bits per heavy atom. The van der Waals surface area contributed by atoms with E-state index >= 15 is 0 Å². The van der Waals surface area contributed by atoms with Crippen molar-refractivity contribution < 1.29 is 39.6 Å². The van der Waals surface area contributed by atoms with Crippen molar-refractivity contribution >= 4 is 73.3 Å². The van der Waals surface area contributed by atoms with E-state index in [9.17, 15) is 39.6 Å². The molecular formula is C52H98CaN4O8. The second-order valence-corrected chi connectivity index (χ2v) is 18.0. The third kappa shape index (κ3) is 43.1. The van der Waals surface area contributed by atoms with Gasteiger partial charge in [-0.15, -0.1) is 0 Å². The number of nitrogens with one attached hydrogen (secondary N) is 2. The minimum Gasteiger partial charge on any atom is -0.862 e. The Morgan fingerprint density at radius 1 is 0.508 bits per heavy atom. The number of hydrogen-bond donors (Lipinski definition) is 4. The van der Waals surface area contributed by atoms with Crippen LogP contribution in [-0.4, -0.2) is 109 Å². The smallest absolute Gasteiger partial charge is 0.862 e. The Kier molecular flexibility index (Phi) is 51.8. The molecule has 4 atom stereocenters. The molecule has 0 aliphatic carbocycles. The molecule has 13 heteroatoms. The molecule has 2 unspecified atom stereocenters. The molecule has 0 heterocycles. The van der Waals surface area contributed by atoms with Crippen molar-refractivity contribution in [3.63, 3.8) is 0 Å². The third-order valence-corrected chi connectivity index (χ3v) is 12.1. The van der Waals surface area contributed by atoms with Gasteiger partial charge in [-0.2, -0.15) is 0 Å². The maximum Gasteiger partial charge on any atom is 2.00 e. The fraction of sp³-hybridized carbons (Fsp3) is 0.885. The van der Waals surface area contributed by atoms with Crippen LogP contribution >= 0.6 is 0 Å². The van der Waals surface area contributed by atoms with Crippen molar-refractivity contribution in [3.8, 4) is 0 Å². The van der Waals surface area contributed by atoms with Crippen LogP contribution < -0.4 is 20.8 Å². The summed E-state index contributed by atoms with van der Waals surface area (Å²) in [7, 11) is 0. The predicted octanol–water partition coefficient (Wildman–Crippen LogP) is 10.9. The summed E-state index contributed by atoms with van der Waals surface area (Å²) in [5.41, 5.74) is 0. The molecular weight excluding hydrogens is 849 g/mol. The SMILES string of the molecule is CCCCCCCCCCCC(=O)NCCCC[C@H](NC(=O)C(CC)CCCC)C(=O)O.CCCCCCCCCCCC([O-])=NCCCC[C@H](N=C([O-])C(CC)CCCC)C(=O)O.[Ca+2]. The summed E-state index contributed by atoms with van der Waals surface area (Å²) < 4.78 is 0. The average Bonchev–Trinajstić information content (AvgIpc) is 3.27. The minimum absolute atomic E-state index is 0. The molecule has 0 rings (SSSR count). The fourth-order valence-electron chi connectivity index (χ4n) is 7.68. The first-order valence-corrected chi connectivity index (χ1v) is 26.4. The summed E-state index contributed by atoms with van der Waals surface area (Å²) in [6.07, 6.45) is 33.4. The normalized spacial score (nSPS) is 13.4. The van der Waals surface area contributed by atoms with Crippen molar-refractivity contribution in [2.75, 3.05) is 13.1 Å². The maximum atomic E-state index is 12.4. The van der Waals surface area contributed by atoms with E-state index in [0.29, 0.717) is 64.5 Å². The first kappa shape index (κ1) is 67.3. The molecule has 0 aromatic carbocycles. The molecule has 0 fully saturated rings. The van der Waals surface area contributed by atoms with Gasteiger partial charge >= 0.3 is 49.7 Å². The average molecular weight is 947 g/mol. The molecule has 4 N–H and O–H groups in total. The van der Waals surface area contributed by atoms with Gasteiger partial charge in [-0.3, -0.25) is 14.6 Å². The van der Waals surface area contributed by atoms with Crippen LogP contribution in [-0.2, 0) is 19.2 Å². The van der Waals surface area contributed by atoms with Crippen molar-refractivity contribution in [2.24, 2.45) is 21.8 Å². The van der Waals surface area contributed by atoms with Crippen molar-refractivity contribution in [1.82, 2.24) is 10.6 Å². The largest absolute Gasteiger partial charge is 2.00 e. The number of carbonyl (C=O) groups excluding carboxylic acids is 2. The molecule has 376 valence electrons. The zero-order valence-corrected chi connectivity index (χ0v) is 44.9. The summed E-state index contributed by atoms with van der Waals surface area (Å²) in [4.78, 5) is 55.3. The van der Waals surface area contributed by atoms with E-state index in [0.717, 1.165) is 77.0 Å². The molecule has 65 heavy (non-hydrogen) atoms. The van der Waals surface area contributed by atoms with E-state index in [2.05, 4.69) is 48.3 Å². The van der Waals surface area contributed by atoms with Gasteiger partial charge < -0.3 is 36.1 Å². The molecule has 0 spiro atoms. The summed E-state index contributed by atoms with van der Waals surface area (Å²) >= 11 is 0. The van der Waals surface area contributed by atoms with Crippen LogP contribution in [0.4, 0.5) is 0 Å². The Labute approximate surface area is 427 Å². The number of amides is 2. The molecule has 2 amide bonds. The molecule has 0 aliphatic heterocycles. The van der Waals surface area contributed by atoms with E-state index in [-0.39, 0.29) is 73.2 Å². The summed E-state index contributed by atoms with van der Waals surface area (Å²) in [5.74, 6) is -2.73. The molecule has 0 radical (unpaired) electrons. The van der Waals surface area contributed by atoms with Gasteiger partial charge in [-0.05, 0) is 101 Å². The summed E-state index contributed by atoms with van der Waals surface area (Å²) in [5, 5.41) is 48.6. The number of nitrogens with zero attached hydrogens (tertiary/aromatic N) is 2. The third-order valence-electron chi connectivity index (χ3n) is 12.1. The molecule has 0 bridgehead atoms. The van der Waals surface area contributed by atoms with Crippen LogP contribution in [0, 0.1) is 11.8 Å². The van der Waals surface area contributed by atoms with Crippen LogP contribution in [0.25, 0.3) is 0 Å². The summed E-state index contributed by atoms with van der Waals surface area (Å²) in [6.45, 7) is 13.5. The standard InChI is InChI=1S/2C26H50N2O4.Ca/c2*1-4-7-9-10-11-12-13-14-15-20-24(29)27-21-17-16-19-23(26(31)32)28-25(30)22(6-3)18-8-5-2;/h2*22-23H,4-21H2,1-3H3,(H,27,29)(H,28,30)(H,31,32);/q;;+2/p-2/t2*22?,23-;/m00./s1. The van der Waals surface area contributed by atoms with Crippen LogP contribution in [0.2, 0.25) is 0 Å². The first-order valence-electron chi connectivity index (χ1n) is 26.4. The van der Waals surface area contributed by atoms with E-state index in [1.165, 1.54) is 89.9 Å². The molecule has 12 nitrogen and oxygen atoms in total.